The number of carbonyl (C=O) groups is 1. The SMILES string of the molecule is O=C(NC1CCC(F)(F)C1)[C@@H]1CC[C@@]2(S(=O)(=O)c3ccc(F)cc3)c3ccc(C(F)(C(F)(F)F)C(F)(F)F)cc3CC[C@@H]12. The average Bonchev–Trinajstić information content (AvgIpc) is 3.47. The van der Waals surface area contributed by atoms with E-state index in [1.165, 1.54) is 0 Å². The monoisotopic (exact) mass is 645 g/mol. The molecule has 1 amide bonds. The van der Waals surface area contributed by atoms with E-state index in [9.17, 15) is 57.1 Å². The lowest BCUT2D eigenvalue weighted by Gasteiger charge is -2.42. The highest BCUT2D eigenvalue weighted by molar-refractivity contribution is 7.92. The second-order valence-corrected chi connectivity index (χ2v) is 13.7. The number of hydrogen-bond acceptors (Lipinski definition) is 3. The first kappa shape index (κ1) is 31.6. The fourth-order valence-electron chi connectivity index (χ4n) is 7.07. The molecule has 3 aliphatic carbocycles. The predicted octanol–water partition coefficient (Wildman–Crippen LogP) is 7.06. The van der Waals surface area contributed by atoms with Gasteiger partial charge in [0.15, 0.2) is 9.84 Å². The number of hydrogen-bond donors (Lipinski definition) is 1. The van der Waals surface area contributed by atoms with Crippen molar-refractivity contribution in [1.82, 2.24) is 5.32 Å². The Morgan fingerprint density at radius 2 is 1.49 bits per heavy atom. The Morgan fingerprint density at radius 3 is 2.05 bits per heavy atom. The van der Waals surface area contributed by atoms with Gasteiger partial charge in [-0.2, -0.15) is 26.3 Å². The van der Waals surface area contributed by atoms with E-state index in [0.29, 0.717) is 6.07 Å². The van der Waals surface area contributed by atoms with Crippen LogP contribution in [0.2, 0.25) is 0 Å². The maximum atomic E-state index is 14.9. The molecule has 4 nitrogen and oxygen atoms in total. The van der Waals surface area contributed by atoms with Crippen LogP contribution in [-0.2, 0) is 31.5 Å². The summed E-state index contributed by atoms with van der Waals surface area (Å²) in [6.45, 7) is 0. The molecule has 5 rings (SSSR count). The van der Waals surface area contributed by atoms with Crippen molar-refractivity contribution < 1.29 is 57.1 Å². The summed E-state index contributed by atoms with van der Waals surface area (Å²) in [6.07, 6.45) is -14.7. The number of sulfone groups is 1. The van der Waals surface area contributed by atoms with Gasteiger partial charge in [-0.05, 0) is 73.4 Å². The minimum atomic E-state index is -6.39. The van der Waals surface area contributed by atoms with Gasteiger partial charge in [0.2, 0.25) is 11.8 Å². The molecule has 2 aromatic carbocycles. The zero-order valence-electron chi connectivity index (χ0n) is 22.1. The van der Waals surface area contributed by atoms with Crippen LogP contribution in [0.25, 0.3) is 0 Å². The van der Waals surface area contributed by atoms with Crippen LogP contribution in [0, 0.1) is 17.7 Å². The molecule has 0 aromatic heterocycles. The third kappa shape index (κ3) is 4.89. The molecular formula is C28H25F10NO3S. The Morgan fingerprint density at radius 1 is 0.860 bits per heavy atom. The molecule has 4 atom stereocenters. The topological polar surface area (TPSA) is 63.2 Å². The minimum Gasteiger partial charge on any atom is -0.353 e. The van der Waals surface area contributed by atoms with Gasteiger partial charge in [-0.3, -0.25) is 4.79 Å². The molecule has 0 bridgehead atoms. The van der Waals surface area contributed by atoms with Gasteiger partial charge < -0.3 is 5.32 Å². The maximum absolute atomic E-state index is 14.9. The normalized spacial score (nSPS) is 27.4. The van der Waals surface area contributed by atoms with Gasteiger partial charge >= 0.3 is 18.0 Å². The molecule has 0 spiro atoms. The van der Waals surface area contributed by atoms with E-state index in [1.54, 1.807) is 0 Å². The fourth-order valence-corrected chi connectivity index (χ4v) is 9.55. The van der Waals surface area contributed by atoms with Crippen LogP contribution in [0.3, 0.4) is 0 Å². The molecule has 0 radical (unpaired) electrons. The van der Waals surface area contributed by atoms with Crippen molar-refractivity contribution in [3.8, 4) is 0 Å². The summed E-state index contributed by atoms with van der Waals surface area (Å²) in [5, 5.41) is 2.55. The Balaban J connectivity index is 1.62. The van der Waals surface area contributed by atoms with Crippen LogP contribution in [0.5, 0.6) is 0 Å². The Labute approximate surface area is 239 Å². The smallest absolute Gasteiger partial charge is 0.353 e. The van der Waals surface area contributed by atoms with E-state index in [4.69, 9.17) is 0 Å². The number of amides is 1. The highest BCUT2D eigenvalue weighted by atomic mass is 32.2. The second kappa shape index (κ2) is 10.1. The predicted molar refractivity (Wildman–Crippen MR) is 132 cm³/mol. The van der Waals surface area contributed by atoms with Crippen molar-refractivity contribution >= 4 is 15.7 Å². The molecule has 2 saturated carbocycles. The fraction of sp³-hybridized carbons (Fsp3) is 0.536. The summed E-state index contributed by atoms with van der Waals surface area (Å²) >= 11 is 0. The van der Waals surface area contributed by atoms with Gasteiger partial charge in [0.05, 0.1) is 4.90 Å². The molecular weight excluding hydrogens is 620 g/mol. The second-order valence-electron chi connectivity index (χ2n) is 11.5. The first-order valence-corrected chi connectivity index (χ1v) is 14.9. The number of carbonyl (C=O) groups excluding carboxylic acids is 1. The number of rotatable bonds is 5. The summed E-state index contributed by atoms with van der Waals surface area (Å²) in [7, 11) is -4.61. The number of alkyl halides is 9. The third-order valence-electron chi connectivity index (χ3n) is 9.07. The van der Waals surface area contributed by atoms with E-state index in [1.807, 2.05) is 0 Å². The highest BCUT2D eigenvalue weighted by Crippen LogP contribution is 2.60. The number of benzene rings is 2. The molecule has 0 heterocycles. The molecule has 43 heavy (non-hydrogen) atoms. The summed E-state index contributed by atoms with van der Waals surface area (Å²) < 4.78 is 163. The molecule has 0 saturated heterocycles. The van der Waals surface area contributed by atoms with Gasteiger partial charge in [-0.1, -0.05) is 18.2 Å². The molecule has 15 heteroatoms. The van der Waals surface area contributed by atoms with Crippen molar-refractivity contribution in [3.63, 3.8) is 0 Å². The van der Waals surface area contributed by atoms with E-state index >= 15 is 0 Å². The third-order valence-corrected chi connectivity index (χ3v) is 11.6. The number of aryl methyl sites for hydroxylation is 1. The summed E-state index contributed by atoms with van der Waals surface area (Å²) in [5.74, 6) is -6.58. The first-order valence-electron chi connectivity index (χ1n) is 13.4. The zero-order chi connectivity index (χ0) is 31.8. The standard InChI is InChI=1S/C28H25F10NO3S/c29-17-3-5-19(6-4-17)43(41,42)25-12-10-20(23(40)39-18-9-11-24(30,31)14-18)22(25)7-1-15-13-16(2-8-21(15)25)26(32,27(33,34)35)28(36,37)38/h2-6,8,13,18,20,22H,1,7,9-12,14H2,(H,39,40)/t18?,20-,22+,25-/m1/s1. The lowest BCUT2D eigenvalue weighted by Crippen LogP contribution is -2.51. The van der Waals surface area contributed by atoms with Crippen molar-refractivity contribution in [2.45, 2.75) is 84.6 Å². The lowest BCUT2D eigenvalue weighted by atomic mass is 9.72. The maximum Gasteiger partial charge on any atom is 0.435 e. The Hall–Kier alpha value is -2.84. The Bertz CT molecular complexity index is 1510. The molecule has 2 fully saturated rings. The van der Waals surface area contributed by atoms with Gasteiger partial charge in [0.1, 0.15) is 10.6 Å². The molecule has 1 N–H and O–H groups in total. The minimum absolute atomic E-state index is 0.00977. The summed E-state index contributed by atoms with van der Waals surface area (Å²) in [5.41, 5.74) is -7.97. The van der Waals surface area contributed by atoms with E-state index in [0.717, 1.165) is 30.3 Å². The molecule has 3 aliphatic rings. The number of fused-ring (bicyclic) bond motifs is 3. The van der Waals surface area contributed by atoms with Gasteiger partial charge in [0.25, 0.3) is 0 Å². The van der Waals surface area contributed by atoms with Gasteiger partial charge in [0, 0.05) is 30.4 Å². The zero-order valence-corrected chi connectivity index (χ0v) is 23.0. The van der Waals surface area contributed by atoms with E-state index < -0.39 is 91.4 Å². The number of nitrogens with one attached hydrogen (secondary N) is 1. The Kier molecular flexibility index (Phi) is 7.41. The molecule has 1 unspecified atom stereocenters. The summed E-state index contributed by atoms with van der Waals surface area (Å²) in [6, 6.07) is 4.08. The van der Waals surface area contributed by atoms with E-state index in [-0.39, 0.29) is 49.3 Å². The van der Waals surface area contributed by atoms with Crippen LogP contribution in [0.15, 0.2) is 47.4 Å². The van der Waals surface area contributed by atoms with E-state index in [2.05, 4.69) is 5.32 Å². The van der Waals surface area contributed by atoms with Crippen molar-refractivity contribution in [2.24, 2.45) is 11.8 Å². The number of halogens is 10. The molecule has 2 aromatic rings. The quantitative estimate of drug-likeness (QED) is 0.280. The van der Waals surface area contributed by atoms with Crippen molar-refractivity contribution in [3.05, 3.63) is 65.0 Å². The summed E-state index contributed by atoms with van der Waals surface area (Å²) in [4.78, 5) is 12.9. The molecule has 236 valence electrons. The van der Waals surface area contributed by atoms with Crippen LogP contribution < -0.4 is 5.32 Å². The van der Waals surface area contributed by atoms with Gasteiger partial charge in [-0.25, -0.2) is 26.0 Å². The van der Waals surface area contributed by atoms with Crippen molar-refractivity contribution in [1.29, 1.82) is 0 Å². The average molecular weight is 646 g/mol. The molecule has 0 aliphatic heterocycles. The van der Waals surface area contributed by atoms with Crippen molar-refractivity contribution in [2.75, 3.05) is 0 Å². The van der Waals surface area contributed by atoms with Crippen LogP contribution in [0.1, 0.15) is 55.2 Å². The van der Waals surface area contributed by atoms with Crippen LogP contribution in [0.4, 0.5) is 43.9 Å². The highest BCUT2D eigenvalue weighted by Gasteiger charge is 2.74. The lowest BCUT2D eigenvalue weighted by molar-refractivity contribution is -0.348. The largest absolute Gasteiger partial charge is 0.435 e. The van der Waals surface area contributed by atoms with Gasteiger partial charge in [-0.15, -0.1) is 0 Å². The van der Waals surface area contributed by atoms with Crippen LogP contribution >= 0.6 is 0 Å². The first-order chi connectivity index (χ1) is 19.7. The van der Waals surface area contributed by atoms with Crippen LogP contribution in [-0.4, -0.2) is 38.6 Å².